The van der Waals surface area contributed by atoms with Crippen LogP contribution in [0, 0.1) is 0 Å². The molecule has 2 fully saturated rings. The van der Waals surface area contributed by atoms with Gasteiger partial charge >= 0.3 is 47.8 Å². The van der Waals surface area contributed by atoms with E-state index in [1.165, 1.54) is 0 Å². The molecule has 10 atom stereocenters. The van der Waals surface area contributed by atoms with Crippen LogP contribution in [0.2, 0.25) is 0 Å². The maximum atomic E-state index is 15.0. The topological polar surface area (TPSA) is 744 Å². The molecule has 4 aliphatic heterocycles. The van der Waals surface area contributed by atoms with Crippen molar-refractivity contribution in [1.29, 1.82) is 0 Å². The van der Waals surface area contributed by atoms with Gasteiger partial charge in [-0.3, -0.25) is 0 Å². The molecule has 12 rings (SSSR count). The number of carbonyl (C=O) groups is 8. The zero-order valence-electron chi connectivity index (χ0n) is 55.0. The van der Waals surface area contributed by atoms with Gasteiger partial charge in [-0.2, -0.15) is 0 Å². The number of phenolic OH excluding ortho intramolecular Hbond substituents is 23. The summed E-state index contributed by atoms with van der Waals surface area (Å²) in [6.07, 6.45) is -26.1. The molecule has 112 heavy (non-hydrogen) atoms. The van der Waals surface area contributed by atoms with Crippen LogP contribution in [0.5, 0.6) is 144 Å². The Morgan fingerprint density at radius 2 is 0.571 bits per heavy atom. The number of fused-ring (bicyclic) bond motifs is 8. The number of rotatable bonds is 10. The van der Waals surface area contributed by atoms with Crippen LogP contribution in [0.3, 0.4) is 0 Å². The molecule has 0 bridgehead atoms. The van der Waals surface area contributed by atoms with E-state index < -0.39 is 333 Å². The molecule has 8 aromatic rings. The number of aliphatic hydroxyl groups is 2. The highest BCUT2D eigenvalue weighted by atomic mass is 16.7. The van der Waals surface area contributed by atoms with Crippen molar-refractivity contribution >= 4 is 47.8 Å². The lowest BCUT2D eigenvalue weighted by Gasteiger charge is -2.42. The minimum atomic E-state index is -2.89. The highest BCUT2D eigenvalue weighted by Gasteiger charge is 2.56. The summed E-state index contributed by atoms with van der Waals surface area (Å²) in [5, 5.41) is 272. The molecule has 2 unspecified atom stereocenters. The van der Waals surface area contributed by atoms with Crippen LogP contribution in [0.15, 0.2) is 66.7 Å². The van der Waals surface area contributed by atoms with Gasteiger partial charge in [0, 0.05) is 28.3 Å². The number of esters is 8. The number of hydrogen-bond acceptors (Lipinski definition) is 44. The summed E-state index contributed by atoms with van der Waals surface area (Å²) in [6.45, 7) is -2.79. The van der Waals surface area contributed by atoms with Gasteiger partial charge in [0.2, 0.25) is 34.5 Å². The van der Waals surface area contributed by atoms with E-state index in [9.17, 15) is 161 Å². The number of ether oxygens (including phenoxy) is 11. The van der Waals surface area contributed by atoms with Crippen molar-refractivity contribution in [2.45, 2.75) is 61.4 Å². The first-order chi connectivity index (χ1) is 52.7. The Morgan fingerprint density at radius 1 is 0.295 bits per heavy atom. The van der Waals surface area contributed by atoms with E-state index >= 15 is 4.79 Å². The monoisotopic (exact) mass is 1570 g/mol. The number of phenols is 23. The molecule has 8 aromatic carbocycles. The number of cyclic esters (lactones) is 2. The fourth-order valence-corrected chi connectivity index (χ4v) is 11.9. The quantitative estimate of drug-likeness (QED) is 0.0527. The largest absolute Gasteiger partial charge is 0.504 e. The van der Waals surface area contributed by atoms with Crippen molar-refractivity contribution < 1.29 is 218 Å². The number of hydrogen-bond donors (Lipinski definition) is 25. The first kappa shape index (κ1) is 76.2. The molecule has 0 aromatic heterocycles. The summed E-state index contributed by atoms with van der Waals surface area (Å²) >= 11 is 0. The Bertz CT molecular complexity index is 5320. The maximum Gasteiger partial charge on any atom is 0.342 e. The molecule has 0 aliphatic carbocycles. The second-order valence-electron chi connectivity index (χ2n) is 24.3. The number of benzene rings is 8. The standard InChI is InChI=1S/C68H50O44/c69-22-1-14(2-23(70)39(22)80)59(92)109-55-53-33(104-67(100)57(55)111-61(94)16-5-26(73)41(82)27(74)6-16)13-103-63(96)18-10-32(79)52(49(90)38(18)37-20(65(98)107-53)9-30(77)44(85)48(37)89)106-51-21(11-31(78)45(86)50(51)91)66(99)112-58-56(110-60(93)15-3-24(71)40(81)25(72)4-15)54-34(105-68(58)101)12-102-62(95)17-7-28(75)42(83)46(87)35(17)36-19(64(97)108-54)8-29(76)43(84)47(36)88/h1-11,33-34,53-58,67-91,100-101H,12-13H2/t33-,34+,53-,54-,55+,56-,57-,58-,67?,68?/m0/s1. The molecular weight excluding hydrogens is 1520 g/mol. The second kappa shape index (κ2) is 28.4. The van der Waals surface area contributed by atoms with Crippen LogP contribution < -0.4 is 4.74 Å². The predicted molar refractivity (Wildman–Crippen MR) is 345 cm³/mol. The van der Waals surface area contributed by atoms with Gasteiger partial charge in [-0.25, -0.2) is 38.4 Å². The molecule has 4 aliphatic rings. The summed E-state index contributed by atoms with van der Waals surface area (Å²) in [5.74, 6) is -51.1. The van der Waals surface area contributed by atoms with Gasteiger partial charge in [-0.05, 0) is 60.7 Å². The average molecular weight is 1570 g/mol. The maximum absolute atomic E-state index is 15.0. The highest BCUT2D eigenvalue weighted by molar-refractivity contribution is 6.10. The first-order valence-corrected chi connectivity index (χ1v) is 31.1. The molecule has 0 spiro atoms. The summed E-state index contributed by atoms with van der Waals surface area (Å²) in [5.41, 5.74) is -14.4. The van der Waals surface area contributed by atoms with E-state index in [2.05, 4.69) is 0 Å². The number of carbonyl (C=O) groups excluding carboxylic acids is 8. The van der Waals surface area contributed by atoms with Gasteiger partial charge in [0.05, 0.1) is 38.9 Å². The molecular formula is C68H50O44. The fraction of sp³-hybridized carbons (Fsp3) is 0.176. The van der Waals surface area contributed by atoms with Gasteiger partial charge in [-0.1, -0.05) is 0 Å². The van der Waals surface area contributed by atoms with Crippen LogP contribution in [0.25, 0.3) is 22.3 Å². The second-order valence-corrected chi connectivity index (χ2v) is 24.3. The minimum Gasteiger partial charge on any atom is -0.504 e. The zero-order valence-corrected chi connectivity index (χ0v) is 55.0. The molecule has 4 heterocycles. The van der Waals surface area contributed by atoms with Crippen molar-refractivity contribution in [3.8, 4) is 166 Å². The van der Waals surface area contributed by atoms with Crippen molar-refractivity contribution in [3.63, 3.8) is 0 Å². The summed E-state index contributed by atoms with van der Waals surface area (Å²) in [4.78, 5) is 115. The third kappa shape index (κ3) is 13.2. The van der Waals surface area contributed by atoms with Crippen molar-refractivity contribution in [2.75, 3.05) is 13.2 Å². The Labute approximate surface area is 616 Å². The van der Waals surface area contributed by atoms with E-state index in [1.54, 1.807) is 0 Å². The first-order valence-electron chi connectivity index (χ1n) is 31.1. The van der Waals surface area contributed by atoms with Gasteiger partial charge in [0.15, 0.2) is 158 Å². The Morgan fingerprint density at radius 3 is 0.920 bits per heavy atom. The SMILES string of the molecule is O=C(O[C@@H]1[C@H]2OC(=O)c3cc(O)c(O)c(O)c3-c3c(cc(O)c(Oc4c(C(=O)O[C@@H]5C(O)O[C@@H]6COC(=O)c7cc(O)c(O)c(O)c7-c7c(cc(O)c(O)c7O)C(=O)O[C@@H]6[C@@H]5OC(=O)c5cc(O)c(O)c(O)c5)cc(O)c(O)c4O)c3O)C(=O)OC[C@@H]2OC(O)[C@H]1OC(=O)c1cc(O)c(O)c(O)c1)c1cc(O)c(O)c(O)c1. The van der Waals surface area contributed by atoms with E-state index in [-0.39, 0.29) is 18.2 Å². The lowest BCUT2D eigenvalue weighted by molar-refractivity contribution is -0.284. The molecule has 2 saturated heterocycles. The molecule has 0 saturated carbocycles. The van der Waals surface area contributed by atoms with Crippen LogP contribution in [-0.2, 0) is 47.4 Å². The van der Waals surface area contributed by atoms with Gasteiger partial charge in [0.25, 0.3) is 0 Å². The lowest BCUT2D eigenvalue weighted by Crippen LogP contribution is -2.62. The number of aliphatic hydroxyl groups excluding tert-OH is 2. The summed E-state index contributed by atoms with van der Waals surface area (Å²) in [7, 11) is 0. The van der Waals surface area contributed by atoms with Crippen molar-refractivity contribution in [2.24, 2.45) is 0 Å². The molecule has 44 nitrogen and oxygen atoms in total. The predicted octanol–water partition coefficient (Wildman–Crippen LogP) is 1.77. The fourth-order valence-electron chi connectivity index (χ4n) is 11.9. The van der Waals surface area contributed by atoms with Crippen LogP contribution in [0.4, 0.5) is 0 Å². The summed E-state index contributed by atoms with van der Waals surface area (Å²) < 4.78 is 60.9. The normalized spacial score (nSPS) is 20.7. The Hall–Kier alpha value is -15.4. The van der Waals surface area contributed by atoms with Gasteiger partial charge in [0.1, 0.15) is 31.0 Å². The molecule has 0 amide bonds. The third-order valence-electron chi connectivity index (χ3n) is 17.4. The highest BCUT2D eigenvalue weighted by Crippen LogP contribution is 2.58. The van der Waals surface area contributed by atoms with E-state index in [4.69, 9.17) is 52.1 Å². The Kier molecular flexibility index (Phi) is 19.3. The minimum absolute atomic E-state index is 0.138. The Balaban J connectivity index is 0.950. The number of aromatic hydroxyl groups is 23. The van der Waals surface area contributed by atoms with Gasteiger partial charge < -0.3 is 180 Å². The molecule has 586 valence electrons. The van der Waals surface area contributed by atoms with Crippen molar-refractivity contribution in [3.05, 3.63) is 111 Å². The van der Waals surface area contributed by atoms with E-state index in [0.29, 0.717) is 48.5 Å². The van der Waals surface area contributed by atoms with Gasteiger partial charge in [-0.15, -0.1) is 0 Å². The molecule has 25 N–H and O–H groups in total. The summed E-state index contributed by atoms with van der Waals surface area (Å²) in [6, 6.07) is 4.16. The zero-order chi connectivity index (χ0) is 81.7. The molecule has 0 radical (unpaired) electrons. The van der Waals surface area contributed by atoms with E-state index in [0.717, 1.165) is 0 Å². The van der Waals surface area contributed by atoms with Crippen LogP contribution >= 0.6 is 0 Å². The van der Waals surface area contributed by atoms with Crippen LogP contribution in [0.1, 0.15) is 82.9 Å². The average Bonchev–Trinajstić information content (AvgIpc) is 1.17. The van der Waals surface area contributed by atoms with E-state index in [1.807, 2.05) is 0 Å². The van der Waals surface area contributed by atoms with Crippen LogP contribution in [-0.4, -0.2) is 250 Å². The third-order valence-corrected chi connectivity index (χ3v) is 17.4. The molecule has 44 heteroatoms. The smallest absolute Gasteiger partial charge is 0.342 e. The lowest BCUT2D eigenvalue weighted by atomic mass is 9.91. The van der Waals surface area contributed by atoms with Crippen molar-refractivity contribution in [1.82, 2.24) is 0 Å².